The molecule has 0 heteroatoms. The summed E-state index contributed by atoms with van der Waals surface area (Å²) in [7, 11) is 0. The molecule has 2 rings (SSSR count). The first-order chi connectivity index (χ1) is 3.92. The quantitative estimate of drug-likeness (QED) is 0.450. The predicted octanol–water partition coefficient (Wildman–Crippen LogP) is 2.28. The zero-order chi connectivity index (χ0) is 5.56. The van der Waals surface area contributed by atoms with E-state index in [1.165, 1.54) is 19.3 Å². The van der Waals surface area contributed by atoms with Gasteiger partial charge in [0, 0.05) is 5.92 Å². The first kappa shape index (κ1) is 4.37. The van der Waals surface area contributed by atoms with Crippen molar-refractivity contribution in [3.05, 3.63) is 23.8 Å². The van der Waals surface area contributed by atoms with Crippen LogP contribution in [0.3, 0.4) is 0 Å². The highest BCUT2D eigenvalue weighted by atomic mass is 14.4. The Labute approximate surface area is 49.9 Å². The standard InChI is InChI=1S/C8H10/c1-2-6-5-8(6)7-3-4-7/h2,6H,1,3-5H2. The summed E-state index contributed by atoms with van der Waals surface area (Å²) in [6.45, 7) is 3.75. The van der Waals surface area contributed by atoms with Gasteiger partial charge in [0.05, 0.1) is 0 Å². The third kappa shape index (κ3) is 0.525. The zero-order valence-electron chi connectivity index (χ0n) is 4.98. The van der Waals surface area contributed by atoms with Gasteiger partial charge in [-0.25, -0.2) is 0 Å². The molecule has 0 amide bonds. The normalized spacial score (nSPS) is 32.8. The molecule has 0 aromatic carbocycles. The van der Waals surface area contributed by atoms with Crippen LogP contribution < -0.4 is 0 Å². The Kier molecular flexibility index (Phi) is 0.682. The molecule has 0 N–H and O–H groups in total. The third-order valence-electron chi connectivity index (χ3n) is 1.97. The number of allylic oxidation sites excluding steroid dienone is 3. The van der Waals surface area contributed by atoms with E-state index < -0.39 is 0 Å². The fraction of sp³-hybridized carbons (Fsp3) is 0.500. The summed E-state index contributed by atoms with van der Waals surface area (Å²) in [5, 5.41) is 0. The van der Waals surface area contributed by atoms with Gasteiger partial charge < -0.3 is 0 Å². The zero-order valence-corrected chi connectivity index (χ0v) is 4.98. The van der Waals surface area contributed by atoms with Crippen LogP contribution in [0, 0.1) is 5.92 Å². The van der Waals surface area contributed by atoms with Gasteiger partial charge in [0.1, 0.15) is 0 Å². The first-order valence-corrected chi connectivity index (χ1v) is 3.25. The second-order valence-electron chi connectivity index (χ2n) is 2.68. The van der Waals surface area contributed by atoms with Crippen LogP contribution in [0.2, 0.25) is 0 Å². The lowest BCUT2D eigenvalue weighted by Crippen LogP contribution is -1.56. The van der Waals surface area contributed by atoms with E-state index in [4.69, 9.17) is 0 Å². The average molecular weight is 106 g/mol. The maximum atomic E-state index is 3.75. The fourth-order valence-electron chi connectivity index (χ4n) is 1.19. The Morgan fingerprint density at radius 1 is 1.50 bits per heavy atom. The molecule has 8 heavy (non-hydrogen) atoms. The van der Waals surface area contributed by atoms with Gasteiger partial charge in [-0.3, -0.25) is 0 Å². The Hall–Kier alpha value is -0.520. The Balaban J connectivity index is 2.14. The van der Waals surface area contributed by atoms with Gasteiger partial charge >= 0.3 is 0 Å². The first-order valence-electron chi connectivity index (χ1n) is 3.25. The van der Waals surface area contributed by atoms with E-state index in [-0.39, 0.29) is 0 Å². The number of rotatable bonds is 1. The molecule has 1 unspecified atom stereocenters. The Morgan fingerprint density at radius 3 is 2.62 bits per heavy atom. The molecule has 0 bridgehead atoms. The Bertz CT molecular complexity index is 157. The highest BCUT2D eigenvalue weighted by Crippen LogP contribution is 2.48. The second kappa shape index (κ2) is 1.25. The lowest BCUT2D eigenvalue weighted by Gasteiger charge is -1.70. The summed E-state index contributed by atoms with van der Waals surface area (Å²) in [5.74, 6) is 0.799. The molecule has 2 aliphatic carbocycles. The maximum absolute atomic E-state index is 3.75. The van der Waals surface area contributed by atoms with E-state index in [1.807, 2.05) is 0 Å². The van der Waals surface area contributed by atoms with Gasteiger partial charge in [0.2, 0.25) is 0 Å². The second-order valence-corrected chi connectivity index (χ2v) is 2.68. The van der Waals surface area contributed by atoms with Crippen LogP contribution in [-0.4, -0.2) is 0 Å². The summed E-state index contributed by atoms with van der Waals surface area (Å²) in [6, 6.07) is 0. The van der Waals surface area contributed by atoms with Crippen molar-refractivity contribution >= 4 is 0 Å². The van der Waals surface area contributed by atoms with E-state index in [9.17, 15) is 0 Å². The average Bonchev–Trinajstić information content (AvgIpc) is 2.62. The van der Waals surface area contributed by atoms with E-state index in [0.717, 1.165) is 5.92 Å². The van der Waals surface area contributed by atoms with E-state index in [1.54, 1.807) is 11.1 Å². The molecule has 42 valence electrons. The van der Waals surface area contributed by atoms with Gasteiger partial charge in [-0.05, 0) is 19.3 Å². The molecule has 0 nitrogen and oxygen atoms in total. The molecule has 1 atom stereocenters. The smallest absolute Gasteiger partial charge is 0.00146 e. The van der Waals surface area contributed by atoms with Crippen LogP contribution in [0.25, 0.3) is 0 Å². The largest absolute Gasteiger partial charge is 0.102 e. The highest BCUT2D eigenvalue weighted by Gasteiger charge is 2.33. The van der Waals surface area contributed by atoms with Crippen LogP contribution in [0.5, 0.6) is 0 Å². The van der Waals surface area contributed by atoms with Crippen molar-refractivity contribution in [2.24, 2.45) is 5.92 Å². The predicted molar refractivity (Wildman–Crippen MR) is 34.6 cm³/mol. The molecule has 0 saturated heterocycles. The topological polar surface area (TPSA) is 0 Å². The van der Waals surface area contributed by atoms with Crippen molar-refractivity contribution in [1.29, 1.82) is 0 Å². The molecule has 2 saturated carbocycles. The van der Waals surface area contributed by atoms with Crippen molar-refractivity contribution in [2.45, 2.75) is 19.3 Å². The minimum atomic E-state index is 0.799. The number of hydrogen-bond acceptors (Lipinski definition) is 0. The lowest BCUT2D eigenvalue weighted by molar-refractivity contribution is 1.17. The summed E-state index contributed by atoms with van der Waals surface area (Å²) in [4.78, 5) is 0. The van der Waals surface area contributed by atoms with Crippen LogP contribution in [0.4, 0.5) is 0 Å². The van der Waals surface area contributed by atoms with Gasteiger partial charge in [0.15, 0.2) is 0 Å². The summed E-state index contributed by atoms with van der Waals surface area (Å²) in [6.07, 6.45) is 6.18. The molecule has 0 radical (unpaired) electrons. The van der Waals surface area contributed by atoms with E-state index in [2.05, 4.69) is 12.7 Å². The van der Waals surface area contributed by atoms with Crippen molar-refractivity contribution in [3.8, 4) is 0 Å². The summed E-state index contributed by atoms with van der Waals surface area (Å²) < 4.78 is 0. The highest BCUT2D eigenvalue weighted by molar-refractivity contribution is 5.39. The van der Waals surface area contributed by atoms with Gasteiger partial charge in [-0.15, -0.1) is 6.58 Å². The van der Waals surface area contributed by atoms with Crippen LogP contribution in [-0.2, 0) is 0 Å². The summed E-state index contributed by atoms with van der Waals surface area (Å²) >= 11 is 0. The maximum Gasteiger partial charge on any atom is 0.00146 e. The molecular formula is C8H10. The molecule has 0 spiro atoms. The molecule has 0 heterocycles. The fourth-order valence-corrected chi connectivity index (χ4v) is 1.19. The summed E-state index contributed by atoms with van der Waals surface area (Å²) in [5.41, 5.74) is 3.44. The van der Waals surface area contributed by atoms with Crippen molar-refractivity contribution in [2.75, 3.05) is 0 Å². The minimum Gasteiger partial charge on any atom is -0.102 e. The van der Waals surface area contributed by atoms with Crippen molar-refractivity contribution < 1.29 is 0 Å². The molecule has 2 fully saturated rings. The molecule has 0 aliphatic heterocycles. The van der Waals surface area contributed by atoms with Crippen molar-refractivity contribution in [1.82, 2.24) is 0 Å². The third-order valence-corrected chi connectivity index (χ3v) is 1.97. The van der Waals surface area contributed by atoms with Gasteiger partial charge in [-0.1, -0.05) is 17.2 Å². The minimum absolute atomic E-state index is 0.799. The number of hydrogen-bond donors (Lipinski definition) is 0. The molecule has 0 aromatic rings. The SMILES string of the molecule is C=CC1CC1=C1CC1. The molecule has 2 aliphatic rings. The van der Waals surface area contributed by atoms with E-state index in [0.29, 0.717) is 0 Å². The van der Waals surface area contributed by atoms with Gasteiger partial charge in [-0.2, -0.15) is 0 Å². The molecular weight excluding hydrogens is 96.1 g/mol. The Morgan fingerprint density at radius 2 is 2.25 bits per heavy atom. The van der Waals surface area contributed by atoms with Crippen molar-refractivity contribution in [3.63, 3.8) is 0 Å². The van der Waals surface area contributed by atoms with E-state index >= 15 is 0 Å². The van der Waals surface area contributed by atoms with Crippen LogP contribution >= 0.6 is 0 Å². The molecule has 0 aromatic heterocycles. The van der Waals surface area contributed by atoms with Crippen LogP contribution in [0.1, 0.15) is 19.3 Å². The van der Waals surface area contributed by atoms with Gasteiger partial charge in [0.25, 0.3) is 0 Å². The monoisotopic (exact) mass is 106 g/mol. The lowest BCUT2D eigenvalue weighted by atomic mass is 10.4. The van der Waals surface area contributed by atoms with Crippen LogP contribution in [0.15, 0.2) is 23.8 Å².